The highest BCUT2D eigenvalue weighted by molar-refractivity contribution is 7.07. The molecule has 1 aliphatic rings. The number of alkyl halides is 3. The van der Waals surface area contributed by atoms with Crippen LogP contribution in [0.3, 0.4) is 0 Å². The Morgan fingerprint density at radius 3 is 2.22 bits per heavy atom. The van der Waals surface area contributed by atoms with Crippen LogP contribution in [0.25, 0.3) is 6.08 Å². The van der Waals surface area contributed by atoms with Crippen LogP contribution in [-0.2, 0) is 11.0 Å². The van der Waals surface area contributed by atoms with Gasteiger partial charge in [-0.2, -0.15) is 13.2 Å². The van der Waals surface area contributed by atoms with Gasteiger partial charge in [-0.25, -0.2) is 4.99 Å². The molecular formula is C28H20F3N3O2S. The van der Waals surface area contributed by atoms with E-state index >= 15 is 0 Å². The van der Waals surface area contributed by atoms with E-state index in [2.05, 4.69) is 10.3 Å². The highest BCUT2D eigenvalue weighted by Gasteiger charge is 2.32. The highest BCUT2D eigenvalue weighted by atomic mass is 32.1. The Bertz CT molecular complexity index is 1670. The molecule has 4 aromatic rings. The van der Waals surface area contributed by atoms with Gasteiger partial charge >= 0.3 is 6.18 Å². The Morgan fingerprint density at radius 1 is 0.973 bits per heavy atom. The number of allylic oxidation sites excluding steroid dienone is 1. The Labute approximate surface area is 213 Å². The molecule has 1 amide bonds. The van der Waals surface area contributed by atoms with Gasteiger partial charge < -0.3 is 5.32 Å². The molecule has 0 aliphatic carbocycles. The molecule has 1 aliphatic heterocycles. The number of carbonyl (C=O) groups excluding carboxylic acids is 1. The smallest absolute Gasteiger partial charge is 0.322 e. The number of amides is 1. The van der Waals surface area contributed by atoms with E-state index in [4.69, 9.17) is 0 Å². The Hall–Kier alpha value is -4.24. The number of anilines is 1. The SMILES string of the molecule is CC1=C(C(=O)Nc2ccccc2)[C@@H](c2ccccc2)n2c(s/c(=C\c3ccc(C(F)(F)F)cc3)c2=O)=N1. The van der Waals surface area contributed by atoms with E-state index in [0.29, 0.717) is 31.9 Å². The summed E-state index contributed by atoms with van der Waals surface area (Å²) in [6.07, 6.45) is -2.91. The summed E-state index contributed by atoms with van der Waals surface area (Å²) < 4.78 is 40.6. The second kappa shape index (κ2) is 9.67. The average Bonchev–Trinajstić information content (AvgIpc) is 3.18. The van der Waals surface area contributed by atoms with Crippen molar-refractivity contribution in [2.24, 2.45) is 4.99 Å². The number of carbonyl (C=O) groups is 1. The Balaban J connectivity index is 1.62. The molecule has 3 aromatic carbocycles. The molecule has 5 nitrogen and oxygen atoms in total. The molecule has 1 aromatic heterocycles. The lowest BCUT2D eigenvalue weighted by molar-refractivity contribution is -0.137. The maximum Gasteiger partial charge on any atom is 0.416 e. The van der Waals surface area contributed by atoms with Crippen LogP contribution in [0.2, 0.25) is 0 Å². The van der Waals surface area contributed by atoms with Crippen molar-refractivity contribution in [3.8, 4) is 0 Å². The predicted octanol–water partition coefficient (Wildman–Crippen LogP) is 4.89. The van der Waals surface area contributed by atoms with Crippen LogP contribution in [0.4, 0.5) is 18.9 Å². The van der Waals surface area contributed by atoms with E-state index in [9.17, 15) is 22.8 Å². The summed E-state index contributed by atoms with van der Waals surface area (Å²) in [5, 5.41) is 2.89. The number of rotatable bonds is 4. The van der Waals surface area contributed by atoms with Crippen LogP contribution in [0.15, 0.2) is 106 Å². The molecule has 1 atom stereocenters. The van der Waals surface area contributed by atoms with E-state index in [0.717, 1.165) is 29.0 Å². The fourth-order valence-corrected chi connectivity index (χ4v) is 5.25. The molecule has 37 heavy (non-hydrogen) atoms. The van der Waals surface area contributed by atoms with Crippen molar-refractivity contribution >= 4 is 29.0 Å². The number of hydrogen-bond acceptors (Lipinski definition) is 4. The largest absolute Gasteiger partial charge is 0.416 e. The molecule has 0 bridgehead atoms. The summed E-state index contributed by atoms with van der Waals surface area (Å²) in [5.74, 6) is -0.377. The first-order valence-electron chi connectivity index (χ1n) is 11.3. The molecule has 1 N–H and O–H groups in total. The van der Waals surface area contributed by atoms with Gasteiger partial charge in [0.05, 0.1) is 27.4 Å². The minimum atomic E-state index is -4.44. The lowest BCUT2D eigenvalue weighted by Gasteiger charge is -2.25. The topological polar surface area (TPSA) is 63.5 Å². The first-order chi connectivity index (χ1) is 17.7. The summed E-state index contributed by atoms with van der Waals surface area (Å²) >= 11 is 1.13. The van der Waals surface area contributed by atoms with Gasteiger partial charge in [0.15, 0.2) is 4.80 Å². The number of nitrogens with zero attached hydrogens (tertiary/aromatic N) is 2. The minimum absolute atomic E-state index is 0.303. The number of thiazole rings is 1. The molecule has 186 valence electrons. The highest BCUT2D eigenvalue weighted by Crippen LogP contribution is 2.31. The van der Waals surface area contributed by atoms with E-state index in [1.807, 2.05) is 48.5 Å². The molecular weight excluding hydrogens is 499 g/mol. The van der Waals surface area contributed by atoms with Gasteiger partial charge in [0.1, 0.15) is 0 Å². The van der Waals surface area contributed by atoms with Crippen molar-refractivity contribution in [1.82, 2.24) is 4.57 Å². The molecule has 0 spiro atoms. The van der Waals surface area contributed by atoms with Gasteiger partial charge in [0.25, 0.3) is 11.5 Å². The number of aromatic nitrogens is 1. The standard InChI is InChI=1S/C28H20F3N3O2S/c1-17-23(25(35)33-21-10-6-3-7-11-21)24(19-8-4-2-5-9-19)34-26(36)22(37-27(34)32-17)16-18-12-14-20(15-13-18)28(29,30)31/h2-16,24H,1H3,(H,33,35)/b22-16-/t24-/m1/s1. The normalized spacial score (nSPS) is 15.8. The number of halogens is 3. The Kier molecular flexibility index (Phi) is 6.39. The number of para-hydroxylation sites is 1. The molecule has 0 saturated carbocycles. The zero-order chi connectivity index (χ0) is 26.2. The second-order valence-electron chi connectivity index (χ2n) is 8.43. The van der Waals surface area contributed by atoms with Crippen molar-refractivity contribution in [2.75, 3.05) is 5.32 Å². The molecule has 9 heteroatoms. The maximum atomic E-state index is 13.6. The molecule has 2 heterocycles. The molecule has 5 rings (SSSR count). The van der Waals surface area contributed by atoms with Crippen LogP contribution in [0, 0.1) is 0 Å². The van der Waals surface area contributed by atoms with Gasteiger partial charge in [0, 0.05) is 5.69 Å². The van der Waals surface area contributed by atoms with Gasteiger partial charge in [-0.05, 0) is 48.4 Å². The first-order valence-corrected chi connectivity index (χ1v) is 12.2. The van der Waals surface area contributed by atoms with Crippen molar-refractivity contribution in [1.29, 1.82) is 0 Å². The first kappa shape index (κ1) is 24.5. The van der Waals surface area contributed by atoms with Gasteiger partial charge in [-0.1, -0.05) is 72.0 Å². The lowest BCUT2D eigenvalue weighted by Crippen LogP contribution is -2.40. The maximum absolute atomic E-state index is 13.6. The van der Waals surface area contributed by atoms with Crippen molar-refractivity contribution in [2.45, 2.75) is 19.1 Å². The van der Waals surface area contributed by atoms with E-state index in [1.165, 1.54) is 22.8 Å². The average molecular weight is 520 g/mol. The lowest BCUT2D eigenvalue weighted by atomic mass is 9.95. The molecule has 0 radical (unpaired) electrons. The van der Waals surface area contributed by atoms with Gasteiger partial charge in [0.2, 0.25) is 0 Å². The summed E-state index contributed by atoms with van der Waals surface area (Å²) in [4.78, 5) is 32.0. The van der Waals surface area contributed by atoms with Crippen LogP contribution in [0.5, 0.6) is 0 Å². The third kappa shape index (κ3) is 4.90. The van der Waals surface area contributed by atoms with Crippen LogP contribution in [-0.4, -0.2) is 10.5 Å². The zero-order valence-corrected chi connectivity index (χ0v) is 20.3. The van der Waals surface area contributed by atoms with E-state index in [1.54, 1.807) is 19.1 Å². The summed E-state index contributed by atoms with van der Waals surface area (Å²) in [6.45, 7) is 1.72. The third-order valence-corrected chi connectivity index (χ3v) is 6.93. The Morgan fingerprint density at radius 2 is 1.59 bits per heavy atom. The summed E-state index contributed by atoms with van der Waals surface area (Å²) in [6, 6.07) is 22.0. The van der Waals surface area contributed by atoms with Gasteiger partial charge in [-0.3, -0.25) is 14.2 Å². The van der Waals surface area contributed by atoms with Crippen LogP contribution < -0.4 is 20.2 Å². The van der Waals surface area contributed by atoms with Crippen LogP contribution in [0.1, 0.15) is 29.7 Å². The molecule has 0 fully saturated rings. The fourth-order valence-electron chi connectivity index (χ4n) is 4.20. The number of nitrogens with one attached hydrogen (secondary N) is 1. The van der Waals surface area contributed by atoms with E-state index < -0.39 is 17.8 Å². The van der Waals surface area contributed by atoms with Gasteiger partial charge in [-0.15, -0.1) is 0 Å². The van der Waals surface area contributed by atoms with Crippen molar-refractivity contribution in [3.05, 3.63) is 133 Å². The second-order valence-corrected chi connectivity index (χ2v) is 9.44. The molecule has 0 unspecified atom stereocenters. The minimum Gasteiger partial charge on any atom is -0.322 e. The van der Waals surface area contributed by atoms with Crippen molar-refractivity contribution < 1.29 is 18.0 Å². The molecule has 0 saturated heterocycles. The third-order valence-electron chi connectivity index (χ3n) is 5.95. The fraction of sp³-hybridized carbons (Fsp3) is 0.107. The summed E-state index contributed by atoms with van der Waals surface area (Å²) in [7, 11) is 0. The van der Waals surface area contributed by atoms with Crippen LogP contribution >= 0.6 is 11.3 Å². The monoisotopic (exact) mass is 519 g/mol. The number of hydrogen-bond donors (Lipinski definition) is 1. The van der Waals surface area contributed by atoms with Crippen molar-refractivity contribution in [3.63, 3.8) is 0 Å². The summed E-state index contributed by atoms with van der Waals surface area (Å²) in [5.41, 5.74) is 1.46. The number of benzene rings is 3. The zero-order valence-electron chi connectivity index (χ0n) is 19.5. The van der Waals surface area contributed by atoms with E-state index in [-0.39, 0.29) is 11.5 Å². The number of fused-ring (bicyclic) bond motifs is 1. The quantitative estimate of drug-likeness (QED) is 0.417. The predicted molar refractivity (Wildman–Crippen MR) is 137 cm³/mol.